The molecule has 0 bridgehead atoms. The van der Waals surface area contributed by atoms with Gasteiger partial charge in [0.25, 0.3) is 5.56 Å². The van der Waals surface area contributed by atoms with Crippen LogP contribution in [-0.2, 0) is 0 Å². The molecule has 0 atom stereocenters. The predicted molar refractivity (Wildman–Crippen MR) is 120 cm³/mol. The second kappa shape index (κ2) is 6.57. The van der Waals surface area contributed by atoms with E-state index >= 15 is 0 Å². The van der Waals surface area contributed by atoms with Crippen molar-refractivity contribution in [3.8, 4) is 11.4 Å². The summed E-state index contributed by atoms with van der Waals surface area (Å²) < 4.78 is 8.55. The van der Waals surface area contributed by atoms with E-state index < -0.39 is 0 Å². The van der Waals surface area contributed by atoms with Crippen LogP contribution in [0.15, 0.2) is 76.3 Å². The van der Waals surface area contributed by atoms with Gasteiger partial charge in [-0.25, -0.2) is 0 Å². The fourth-order valence-electron chi connectivity index (χ4n) is 3.84. The first-order valence-electron chi connectivity index (χ1n) is 9.24. The standard InChI is InChI=1S/C24H17NO3S/c1-14-11-12-20-16(13-14)21-23(29-20)22(26)15-7-3-4-8-17(15)25(24(21)27)18-9-5-6-10-19(18)28-2/h3-13H,1-2H3. The molecule has 4 nitrogen and oxygen atoms in total. The van der Waals surface area contributed by atoms with Gasteiger partial charge in [0.05, 0.1) is 28.4 Å². The first-order valence-corrected chi connectivity index (χ1v) is 10.1. The van der Waals surface area contributed by atoms with Crippen LogP contribution in [0, 0.1) is 6.92 Å². The number of benzene rings is 3. The van der Waals surface area contributed by atoms with E-state index in [9.17, 15) is 9.59 Å². The molecule has 142 valence electrons. The van der Waals surface area contributed by atoms with Crippen LogP contribution in [0.5, 0.6) is 5.75 Å². The fraction of sp³-hybridized carbons (Fsp3) is 0.0833. The average Bonchev–Trinajstić information content (AvgIpc) is 3.09. The molecule has 0 aliphatic rings. The van der Waals surface area contributed by atoms with E-state index in [-0.39, 0.29) is 11.0 Å². The van der Waals surface area contributed by atoms with Gasteiger partial charge in [-0.2, -0.15) is 0 Å². The van der Waals surface area contributed by atoms with Gasteiger partial charge in [-0.1, -0.05) is 35.9 Å². The first kappa shape index (κ1) is 17.6. The van der Waals surface area contributed by atoms with Gasteiger partial charge in [-0.05, 0) is 43.3 Å². The van der Waals surface area contributed by atoms with E-state index in [1.807, 2.05) is 67.6 Å². The molecule has 5 heteroatoms. The van der Waals surface area contributed by atoms with Gasteiger partial charge in [0.2, 0.25) is 5.43 Å². The average molecular weight is 399 g/mol. The van der Waals surface area contributed by atoms with Crippen molar-refractivity contribution in [1.29, 1.82) is 0 Å². The second-order valence-corrected chi connectivity index (χ2v) is 8.02. The maximum Gasteiger partial charge on any atom is 0.265 e. The number of thiophene rings is 1. The van der Waals surface area contributed by atoms with Gasteiger partial charge in [0.1, 0.15) is 5.75 Å². The van der Waals surface area contributed by atoms with Crippen molar-refractivity contribution in [1.82, 2.24) is 4.57 Å². The third-order valence-electron chi connectivity index (χ3n) is 5.18. The Bertz CT molecular complexity index is 1550. The number of para-hydroxylation sites is 3. The molecule has 3 aromatic carbocycles. The largest absolute Gasteiger partial charge is 0.495 e. The molecule has 0 spiro atoms. The highest BCUT2D eigenvalue weighted by Gasteiger charge is 2.18. The molecule has 5 rings (SSSR count). The lowest BCUT2D eigenvalue weighted by atomic mass is 10.1. The van der Waals surface area contributed by atoms with Crippen molar-refractivity contribution < 1.29 is 4.74 Å². The number of nitrogens with zero attached hydrogens (tertiary/aromatic N) is 1. The molecule has 0 radical (unpaired) electrons. The van der Waals surface area contributed by atoms with E-state index in [1.165, 1.54) is 11.3 Å². The smallest absolute Gasteiger partial charge is 0.265 e. The minimum atomic E-state index is -0.223. The van der Waals surface area contributed by atoms with Crippen LogP contribution in [-0.4, -0.2) is 11.7 Å². The summed E-state index contributed by atoms with van der Waals surface area (Å²) in [5.41, 5.74) is 1.88. The highest BCUT2D eigenvalue weighted by atomic mass is 32.1. The van der Waals surface area contributed by atoms with E-state index in [0.29, 0.717) is 32.4 Å². The summed E-state index contributed by atoms with van der Waals surface area (Å²) in [4.78, 5) is 27.4. The molecule has 0 aliphatic carbocycles. The lowest BCUT2D eigenvalue weighted by Crippen LogP contribution is -2.17. The zero-order valence-corrected chi connectivity index (χ0v) is 16.7. The molecule has 0 fully saturated rings. The molecule has 0 saturated heterocycles. The van der Waals surface area contributed by atoms with E-state index in [0.717, 1.165) is 15.6 Å². The van der Waals surface area contributed by atoms with Crippen molar-refractivity contribution >= 4 is 42.4 Å². The van der Waals surface area contributed by atoms with Gasteiger partial charge in [0, 0.05) is 15.5 Å². The first-order chi connectivity index (χ1) is 14.1. The SMILES string of the molecule is COc1ccccc1-n1c(=O)c2c(sc3ccc(C)cc32)c(=O)c2ccccc21. The van der Waals surface area contributed by atoms with Crippen molar-refractivity contribution in [3.63, 3.8) is 0 Å². The number of hydrogen-bond donors (Lipinski definition) is 0. The number of methoxy groups -OCH3 is 1. The van der Waals surface area contributed by atoms with Crippen LogP contribution in [0.1, 0.15) is 5.56 Å². The Morgan fingerprint density at radius 2 is 1.66 bits per heavy atom. The number of fused-ring (bicyclic) bond motifs is 4. The quantitative estimate of drug-likeness (QED) is 0.418. The summed E-state index contributed by atoms with van der Waals surface area (Å²) >= 11 is 1.38. The molecule has 0 aliphatic heterocycles. The second-order valence-electron chi connectivity index (χ2n) is 6.96. The molecule has 2 heterocycles. The zero-order valence-electron chi connectivity index (χ0n) is 15.9. The Hall–Kier alpha value is -3.44. The summed E-state index contributed by atoms with van der Waals surface area (Å²) in [5.74, 6) is 0.572. The molecular formula is C24H17NO3S. The molecule has 0 N–H and O–H groups in total. The van der Waals surface area contributed by atoms with Crippen LogP contribution in [0.25, 0.3) is 36.8 Å². The highest BCUT2D eigenvalue weighted by molar-refractivity contribution is 7.25. The Kier molecular flexibility index (Phi) is 4.00. The minimum absolute atomic E-state index is 0.125. The van der Waals surface area contributed by atoms with Crippen molar-refractivity contribution in [3.05, 3.63) is 92.9 Å². The van der Waals surface area contributed by atoms with Crippen LogP contribution >= 0.6 is 11.3 Å². The van der Waals surface area contributed by atoms with Crippen LogP contribution in [0.2, 0.25) is 0 Å². The summed E-state index contributed by atoms with van der Waals surface area (Å²) in [6, 6.07) is 20.6. The van der Waals surface area contributed by atoms with Crippen LogP contribution in [0.3, 0.4) is 0 Å². The lowest BCUT2D eigenvalue weighted by Gasteiger charge is -2.11. The van der Waals surface area contributed by atoms with Crippen molar-refractivity contribution in [2.75, 3.05) is 7.11 Å². The normalized spacial score (nSPS) is 11.4. The fourth-order valence-corrected chi connectivity index (χ4v) is 4.97. The van der Waals surface area contributed by atoms with E-state index in [4.69, 9.17) is 4.74 Å². The molecular weight excluding hydrogens is 382 g/mol. The molecule has 5 aromatic rings. The number of aryl methyl sites for hydroxylation is 1. The number of hydrogen-bond acceptors (Lipinski definition) is 4. The van der Waals surface area contributed by atoms with Gasteiger partial charge >= 0.3 is 0 Å². The Balaban J connectivity index is 2.15. The van der Waals surface area contributed by atoms with Gasteiger partial charge in [0.15, 0.2) is 0 Å². The van der Waals surface area contributed by atoms with E-state index in [2.05, 4.69) is 0 Å². The predicted octanol–water partition coefficient (Wildman–Crippen LogP) is 5.04. The number of aromatic nitrogens is 1. The van der Waals surface area contributed by atoms with Crippen molar-refractivity contribution in [2.24, 2.45) is 0 Å². The van der Waals surface area contributed by atoms with Gasteiger partial charge in [-0.15, -0.1) is 11.3 Å². The van der Waals surface area contributed by atoms with Gasteiger partial charge < -0.3 is 4.74 Å². The monoisotopic (exact) mass is 399 g/mol. The summed E-state index contributed by atoms with van der Waals surface area (Å²) in [5, 5.41) is 1.78. The Labute approximate surface area is 170 Å². The molecule has 0 saturated carbocycles. The molecule has 29 heavy (non-hydrogen) atoms. The lowest BCUT2D eigenvalue weighted by molar-refractivity contribution is 0.413. The topological polar surface area (TPSA) is 48.3 Å². The third-order valence-corrected chi connectivity index (χ3v) is 6.35. The highest BCUT2D eigenvalue weighted by Crippen LogP contribution is 2.32. The summed E-state index contributed by atoms with van der Waals surface area (Å²) in [7, 11) is 1.58. The maximum atomic E-state index is 13.9. The summed E-state index contributed by atoms with van der Waals surface area (Å²) in [6.45, 7) is 1.99. The Morgan fingerprint density at radius 1 is 0.897 bits per heavy atom. The molecule has 0 unspecified atom stereocenters. The third kappa shape index (κ3) is 2.58. The van der Waals surface area contributed by atoms with Crippen LogP contribution < -0.4 is 15.7 Å². The zero-order chi connectivity index (χ0) is 20.1. The Morgan fingerprint density at radius 3 is 2.48 bits per heavy atom. The maximum absolute atomic E-state index is 13.9. The minimum Gasteiger partial charge on any atom is -0.495 e. The summed E-state index contributed by atoms with van der Waals surface area (Å²) in [6.07, 6.45) is 0. The number of ether oxygens (including phenoxy) is 1. The van der Waals surface area contributed by atoms with Gasteiger partial charge in [-0.3, -0.25) is 14.2 Å². The molecule has 0 amide bonds. The van der Waals surface area contributed by atoms with Crippen molar-refractivity contribution in [2.45, 2.75) is 6.92 Å². The van der Waals surface area contributed by atoms with E-state index in [1.54, 1.807) is 17.7 Å². The number of rotatable bonds is 2. The van der Waals surface area contributed by atoms with Crippen LogP contribution in [0.4, 0.5) is 0 Å². The molecule has 2 aromatic heterocycles.